The van der Waals surface area contributed by atoms with Crippen LogP contribution in [0.3, 0.4) is 0 Å². The number of nitrogens with one attached hydrogen (secondary N) is 2. The van der Waals surface area contributed by atoms with E-state index >= 15 is 0 Å². The summed E-state index contributed by atoms with van der Waals surface area (Å²) in [5.41, 5.74) is 2.36. The number of nitrogens with zero attached hydrogens (tertiary/aromatic N) is 3. The van der Waals surface area contributed by atoms with Gasteiger partial charge >= 0.3 is 0 Å². The van der Waals surface area contributed by atoms with Crippen molar-refractivity contribution in [3.05, 3.63) is 40.7 Å². The monoisotopic (exact) mass is 369 g/mol. The number of fused-ring (bicyclic) bond motifs is 1. The zero-order valence-corrected chi connectivity index (χ0v) is 16.8. The average Bonchev–Trinajstić information content (AvgIpc) is 3.02. The Morgan fingerprint density at radius 1 is 1.30 bits per heavy atom. The smallest absolute Gasteiger partial charge is 0.269 e. The number of ketones is 1. The summed E-state index contributed by atoms with van der Waals surface area (Å²) in [6.07, 6.45) is 3.48. The first-order valence-electron chi connectivity index (χ1n) is 9.20. The highest BCUT2D eigenvalue weighted by atomic mass is 16.2. The number of aromatic nitrogens is 4. The zero-order chi connectivity index (χ0) is 20.0. The third kappa shape index (κ3) is 4.07. The van der Waals surface area contributed by atoms with Gasteiger partial charge in [0.2, 0.25) is 0 Å². The highest BCUT2D eigenvalue weighted by Gasteiger charge is 2.35. The number of Topliss-reactive ketones (excluding diaryl/α,β-unsaturated/α-hetero) is 1. The highest BCUT2D eigenvalue weighted by molar-refractivity contribution is 5.97. The number of aromatic amines is 1. The number of carbonyl (C=O) groups is 2. The summed E-state index contributed by atoms with van der Waals surface area (Å²) >= 11 is 0. The molecule has 0 aliphatic heterocycles. The lowest BCUT2D eigenvalue weighted by Crippen LogP contribution is -2.37. The van der Waals surface area contributed by atoms with Crippen LogP contribution in [0, 0.1) is 5.41 Å². The van der Waals surface area contributed by atoms with Crippen molar-refractivity contribution in [1.82, 2.24) is 25.5 Å². The van der Waals surface area contributed by atoms with Crippen LogP contribution in [0.5, 0.6) is 0 Å². The molecule has 2 N–H and O–H groups in total. The molecule has 0 saturated heterocycles. The van der Waals surface area contributed by atoms with Crippen LogP contribution in [0.15, 0.2) is 12.3 Å². The van der Waals surface area contributed by atoms with Crippen LogP contribution in [-0.4, -0.2) is 31.9 Å². The number of hydrogen-bond donors (Lipinski definition) is 2. The molecule has 0 spiro atoms. The number of carbonyl (C=O) groups excluding carboxylic acids is 2. The van der Waals surface area contributed by atoms with E-state index in [-0.39, 0.29) is 40.0 Å². The van der Waals surface area contributed by atoms with Gasteiger partial charge in [-0.2, -0.15) is 5.10 Å². The van der Waals surface area contributed by atoms with Crippen molar-refractivity contribution in [3.8, 4) is 0 Å². The van der Waals surface area contributed by atoms with Crippen molar-refractivity contribution in [1.29, 1.82) is 0 Å². The predicted molar refractivity (Wildman–Crippen MR) is 102 cm³/mol. The van der Waals surface area contributed by atoms with E-state index in [0.717, 1.165) is 29.9 Å². The number of rotatable bonds is 3. The molecule has 0 aromatic carbocycles. The fraction of sp³-hybridized carbons (Fsp3) is 0.550. The van der Waals surface area contributed by atoms with Crippen LogP contribution < -0.4 is 5.32 Å². The van der Waals surface area contributed by atoms with Gasteiger partial charge in [-0.05, 0) is 24.3 Å². The summed E-state index contributed by atoms with van der Waals surface area (Å²) in [5.74, 6) is 0.338. The quantitative estimate of drug-likeness (QED) is 0.810. The minimum atomic E-state index is -0.288. The highest BCUT2D eigenvalue weighted by Crippen LogP contribution is 2.40. The van der Waals surface area contributed by atoms with Crippen molar-refractivity contribution in [2.24, 2.45) is 5.41 Å². The van der Waals surface area contributed by atoms with E-state index in [1.807, 2.05) is 6.20 Å². The molecule has 144 valence electrons. The number of H-pyrrole nitrogens is 1. The maximum atomic E-state index is 12.7. The lowest BCUT2D eigenvalue weighted by molar-refractivity contribution is 0.0913. The van der Waals surface area contributed by atoms with Crippen molar-refractivity contribution < 1.29 is 9.59 Å². The summed E-state index contributed by atoms with van der Waals surface area (Å²) in [4.78, 5) is 33.4. The van der Waals surface area contributed by atoms with E-state index in [0.29, 0.717) is 0 Å². The Morgan fingerprint density at radius 3 is 2.59 bits per heavy atom. The van der Waals surface area contributed by atoms with Crippen molar-refractivity contribution in [2.75, 3.05) is 0 Å². The zero-order valence-electron chi connectivity index (χ0n) is 16.8. The fourth-order valence-corrected chi connectivity index (χ4v) is 3.39. The SMILES string of the molecule is CC(=O)c1cc(C(=O)NC2CC(C)(C)Cc3nc(C(C)(C)C)ncc32)[nH]n1. The minimum Gasteiger partial charge on any atom is -0.344 e. The summed E-state index contributed by atoms with van der Waals surface area (Å²) in [7, 11) is 0. The van der Waals surface area contributed by atoms with Gasteiger partial charge in [0.15, 0.2) is 5.78 Å². The van der Waals surface area contributed by atoms with E-state index in [1.165, 1.54) is 13.0 Å². The van der Waals surface area contributed by atoms with Crippen molar-refractivity contribution in [2.45, 2.75) is 65.8 Å². The van der Waals surface area contributed by atoms with Crippen LogP contribution in [0.25, 0.3) is 0 Å². The topological polar surface area (TPSA) is 101 Å². The average molecular weight is 369 g/mol. The molecular weight excluding hydrogens is 342 g/mol. The van der Waals surface area contributed by atoms with Gasteiger partial charge in [-0.25, -0.2) is 9.97 Å². The summed E-state index contributed by atoms with van der Waals surface area (Å²) in [5, 5.41) is 9.57. The first kappa shape index (κ1) is 19.2. The van der Waals surface area contributed by atoms with Gasteiger partial charge in [-0.1, -0.05) is 34.6 Å². The summed E-state index contributed by atoms with van der Waals surface area (Å²) < 4.78 is 0. The van der Waals surface area contributed by atoms with Crippen molar-refractivity contribution in [3.63, 3.8) is 0 Å². The lowest BCUT2D eigenvalue weighted by atomic mass is 9.74. The Hall–Kier alpha value is -2.57. The van der Waals surface area contributed by atoms with Crippen LogP contribution in [0.1, 0.15) is 92.1 Å². The Balaban J connectivity index is 1.89. The Labute approximate surface area is 159 Å². The largest absolute Gasteiger partial charge is 0.344 e. The second-order valence-corrected chi connectivity index (χ2v) is 9.14. The molecule has 27 heavy (non-hydrogen) atoms. The van der Waals surface area contributed by atoms with Gasteiger partial charge in [-0.3, -0.25) is 14.7 Å². The number of amides is 1. The normalized spacial score (nSPS) is 18.7. The lowest BCUT2D eigenvalue weighted by Gasteiger charge is -2.37. The molecule has 7 heteroatoms. The van der Waals surface area contributed by atoms with E-state index in [4.69, 9.17) is 4.98 Å². The van der Waals surface area contributed by atoms with Crippen LogP contribution in [0.2, 0.25) is 0 Å². The Bertz CT molecular complexity index is 892. The molecule has 1 atom stereocenters. The molecule has 2 heterocycles. The van der Waals surface area contributed by atoms with Gasteiger partial charge in [0.25, 0.3) is 5.91 Å². The van der Waals surface area contributed by atoms with Crippen LogP contribution >= 0.6 is 0 Å². The van der Waals surface area contributed by atoms with E-state index < -0.39 is 0 Å². The van der Waals surface area contributed by atoms with Gasteiger partial charge in [0.1, 0.15) is 17.2 Å². The molecule has 0 radical (unpaired) electrons. The summed E-state index contributed by atoms with van der Waals surface area (Å²) in [6.45, 7) is 12.0. The van der Waals surface area contributed by atoms with E-state index in [9.17, 15) is 9.59 Å². The fourth-order valence-electron chi connectivity index (χ4n) is 3.39. The molecule has 0 fully saturated rings. The van der Waals surface area contributed by atoms with Gasteiger partial charge < -0.3 is 5.32 Å². The molecule has 7 nitrogen and oxygen atoms in total. The van der Waals surface area contributed by atoms with E-state index in [2.05, 4.69) is 55.1 Å². The second-order valence-electron chi connectivity index (χ2n) is 9.14. The van der Waals surface area contributed by atoms with Gasteiger partial charge in [0.05, 0.1) is 6.04 Å². The molecule has 2 aromatic heterocycles. The van der Waals surface area contributed by atoms with Gasteiger partial charge in [-0.15, -0.1) is 0 Å². The third-order valence-corrected chi connectivity index (χ3v) is 4.84. The Kier molecular flexibility index (Phi) is 4.66. The number of hydrogen-bond acceptors (Lipinski definition) is 5. The van der Waals surface area contributed by atoms with Crippen LogP contribution in [-0.2, 0) is 11.8 Å². The standard InChI is InChI=1S/C20H27N5O2/c1-11(26)13-7-14(25-24-13)17(27)22-15-8-20(5,6)9-16-12(15)10-21-18(23-16)19(2,3)4/h7,10,15H,8-9H2,1-6H3,(H,22,27)(H,24,25). The first-order chi connectivity index (χ1) is 12.5. The third-order valence-electron chi connectivity index (χ3n) is 4.84. The molecule has 2 aromatic rings. The molecule has 1 aliphatic rings. The molecular formula is C20H27N5O2. The maximum Gasteiger partial charge on any atom is 0.269 e. The molecule has 1 amide bonds. The van der Waals surface area contributed by atoms with E-state index in [1.54, 1.807) is 0 Å². The minimum absolute atomic E-state index is 0.00693. The van der Waals surface area contributed by atoms with Crippen molar-refractivity contribution >= 4 is 11.7 Å². The second kappa shape index (κ2) is 6.55. The van der Waals surface area contributed by atoms with Gasteiger partial charge in [0, 0.05) is 29.8 Å². The molecule has 1 unspecified atom stereocenters. The molecule has 3 rings (SSSR count). The molecule has 1 aliphatic carbocycles. The first-order valence-corrected chi connectivity index (χ1v) is 9.20. The van der Waals surface area contributed by atoms with Crippen LogP contribution in [0.4, 0.5) is 0 Å². The Morgan fingerprint density at radius 2 is 2.00 bits per heavy atom. The molecule has 0 bridgehead atoms. The molecule has 0 saturated carbocycles. The maximum absolute atomic E-state index is 12.7. The predicted octanol–water partition coefficient (Wildman–Crippen LogP) is 3.14. The summed E-state index contributed by atoms with van der Waals surface area (Å²) in [6, 6.07) is 1.29.